The highest BCUT2D eigenvalue weighted by molar-refractivity contribution is 5.95. The van der Waals surface area contributed by atoms with E-state index in [9.17, 15) is 14.4 Å². The zero-order valence-electron chi connectivity index (χ0n) is 16.6. The maximum Gasteiger partial charge on any atom is 0.319 e. The fourth-order valence-electron chi connectivity index (χ4n) is 2.39. The lowest BCUT2D eigenvalue weighted by Crippen LogP contribution is -2.28. The predicted molar refractivity (Wildman–Crippen MR) is 110 cm³/mol. The summed E-state index contributed by atoms with van der Waals surface area (Å²) >= 11 is 0. The minimum absolute atomic E-state index is 0.0838. The van der Waals surface area contributed by atoms with Crippen LogP contribution in [0.5, 0.6) is 0 Å². The monoisotopic (exact) mass is 382 g/mol. The first-order valence-corrected chi connectivity index (χ1v) is 9.07. The van der Waals surface area contributed by atoms with E-state index in [4.69, 9.17) is 0 Å². The molecule has 0 spiro atoms. The van der Waals surface area contributed by atoms with Crippen LogP contribution >= 0.6 is 0 Å². The van der Waals surface area contributed by atoms with Gasteiger partial charge in [0.2, 0.25) is 5.91 Å². The molecule has 4 amide bonds. The molecular weight excluding hydrogens is 356 g/mol. The topological polar surface area (TPSA) is 99.3 Å². The molecule has 0 saturated heterocycles. The molecule has 0 aromatic heterocycles. The zero-order chi connectivity index (χ0) is 20.7. The molecule has 0 heterocycles. The van der Waals surface area contributed by atoms with Crippen molar-refractivity contribution in [2.75, 3.05) is 17.7 Å². The van der Waals surface area contributed by atoms with E-state index >= 15 is 0 Å². The molecule has 0 saturated carbocycles. The van der Waals surface area contributed by atoms with Gasteiger partial charge in [-0.1, -0.05) is 32.0 Å². The third kappa shape index (κ3) is 5.84. The highest BCUT2D eigenvalue weighted by Crippen LogP contribution is 2.20. The van der Waals surface area contributed by atoms with Crippen LogP contribution in [0.25, 0.3) is 0 Å². The van der Waals surface area contributed by atoms with Crippen LogP contribution in [0.1, 0.15) is 35.3 Å². The minimum atomic E-state index is -0.356. The molecule has 28 heavy (non-hydrogen) atoms. The van der Waals surface area contributed by atoms with E-state index < -0.39 is 0 Å². The quantitative estimate of drug-likeness (QED) is 0.617. The maximum absolute atomic E-state index is 12.2. The standard InChI is InChI=1S/C21H26N4O3/c1-13(2)19(26)24-17-10-5-14(3)18(11-17)25-21(28)23-12-15-6-8-16(9-7-15)20(27)22-4/h5-11,13H,12H2,1-4H3,(H,22,27)(H,24,26)(H2,23,25,28). The number of urea groups is 1. The Labute approximate surface area is 164 Å². The van der Waals surface area contributed by atoms with Gasteiger partial charge in [-0.2, -0.15) is 0 Å². The van der Waals surface area contributed by atoms with Crippen molar-refractivity contribution >= 4 is 29.2 Å². The largest absolute Gasteiger partial charge is 0.355 e. The first-order valence-electron chi connectivity index (χ1n) is 9.07. The third-order valence-corrected chi connectivity index (χ3v) is 4.17. The minimum Gasteiger partial charge on any atom is -0.355 e. The van der Waals surface area contributed by atoms with E-state index in [0.717, 1.165) is 11.1 Å². The second kappa shape index (κ2) is 9.55. The van der Waals surface area contributed by atoms with Crippen LogP contribution < -0.4 is 21.3 Å². The summed E-state index contributed by atoms with van der Waals surface area (Å²) in [6, 6.07) is 12.0. The van der Waals surface area contributed by atoms with E-state index in [1.807, 2.05) is 26.8 Å². The van der Waals surface area contributed by atoms with Gasteiger partial charge in [-0.3, -0.25) is 9.59 Å². The molecule has 0 aliphatic carbocycles. The number of aryl methyl sites for hydroxylation is 1. The molecule has 148 valence electrons. The first kappa shape index (κ1) is 21.0. The van der Waals surface area contributed by atoms with Gasteiger partial charge in [-0.25, -0.2) is 4.79 Å². The summed E-state index contributed by atoms with van der Waals surface area (Å²) in [5.74, 6) is -0.368. The fraction of sp³-hybridized carbons (Fsp3) is 0.286. The number of hydrogen-bond acceptors (Lipinski definition) is 3. The molecule has 7 nitrogen and oxygen atoms in total. The molecule has 0 aliphatic rings. The highest BCUT2D eigenvalue weighted by Gasteiger charge is 2.10. The number of nitrogens with one attached hydrogen (secondary N) is 4. The summed E-state index contributed by atoms with van der Waals surface area (Å²) in [6.45, 7) is 5.83. The smallest absolute Gasteiger partial charge is 0.319 e. The van der Waals surface area contributed by atoms with Crippen molar-refractivity contribution in [1.29, 1.82) is 0 Å². The van der Waals surface area contributed by atoms with Crippen molar-refractivity contribution in [3.05, 3.63) is 59.2 Å². The second-order valence-corrected chi connectivity index (χ2v) is 6.76. The summed E-state index contributed by atoms with van der Waals surface area (Å²) in [5, 5.41) is 11.0. The van der Waals surface area contributed by atoms with Gasteiger partial charge in [0.15, 0.2) is 0 Å². The van der Waals surface area contributed by atoms with Crippen LogP contribution in [0.3, 0.4) is 0 Å². The van der Waals surface area contributed by atoms with E-state index in [-0.39, 0.29) is 23.8 Å². The van der Waals surface area contributed by atoms with E-state index in [2.05, 4.69) is 21.3 Å². The van der Waals surface area contributed by atoms with Gasteiger partial charge in [-0.05, 0) is 42.3 Å². The van der Waals surface area contributed by atoms with Crippen molar-refractivity contribution in [3.63, 3.8) is 0 Å². The van der Waals surface area contributed by atoms with Crippen LogP contribution in [0, 0.1) is 12.8 Å². The van der Waals surface area contributed by atoms with E-state index in [1.54, 1.807) is 43.4 Å². The molecule has 7 heteroatoms. The number of benzene rings is 2. The summed E-state index contributed by atoms with van der Waals surface area (Å²) in [7, 11) is 1.58. The molecule has 4 N–H and O–H groups in total. The fourth-order valence-corrected chi connectivity index (χ4v) is 2.39. The lowest BCUT2D eigenvalue weighted by molar-refractivity contribution is -0.118. The Morgan fingerprint density at radius 1 is 0.964 bits per heavy atom. The average molecular weight is 382 g/mol. The normalized spacial score (nSPS) is 10.3. The van der Waals surface area contributed by atoms with Crippen molar-refractivity contribution in [3.8, 4) is 0 Å². The summed E-state index contributed by atoms with van der Waals surface area (Å²) in [5.41, 5.74) is 3.56. The van der Waals surface area contributed by atoms with Gasteiger partial charge in [0.25, 0.3) is 5.91 Å². The molecular formula is C21H26N4O3. The van der Waals surface area contributed by atoms with Crippen molar-refractivity contribution < 1.29 is 14.4 Å². The van der Waals surface area contributed by atoms with Gasteiger partial charge < -0.3 is 21.3 Å². The number of rotatable bonds is 6. The predicted octanol–water partition coefficient (Wildman–Crippen LogP) is 3.27. The molecule has 0 fully saturated rings. The number of hydrogen-bond donors (Lipinski definition) is 4. The van der Waals surface area contributed by atoms with Crippen molar-refractivity contribution in [2.24, 2.45) is 5.92 Å². The Kier molecular flexibility index (Phi) is 7.14. The molecule has 0 radical (unpaired) electrons. The molecule has 0 aliphatic heterocycles. The first-order chi connectivity index (χ1) is 13.3. The van der Waals surface area contributed by atoms with Crippen molar-refractivity contribution in [1.82, 2.24) is 10.6 Å². The van der Waals surface area contributed by atoms with E-state index in [1.165, 1.54) is 0 Å². The van der Waals surface area contributed by atoms with Crippen LogP contribution in [0.15, 0.2) is 42.5 Å². The summed E-state index contributed by atoms with van der Waals surface area (Å²) in [6.07, 6.45) is 0. The maximum atomic E-state index is 12.2. The van der Waals surface area contributed by atoms with Gasteiger partial charge >= 0.3 is 6.03 Å². The van der Waals surface area contributed by atoms with Crippen LogP contribution in [-0.2, 0) is 11.3 Å². The number of amides is 4. The Morgan fingerprint density at radius 2 is 1.64 bits per heavy atom. The van der Waals surface area contributed by atoms with E-state index in [0.29, 0.717) is 23.5 Å². The highest BCUT2D eigenvalue weighted by atomic mass is 16.2. The average Bonchev–Trinajstić information content (AvgIpc) is 2.68. The second-order valence-electron chi connectivity index (χ2n) is 6.76. The molecule has 2 rings (SSSR count). The Hall–Kier alpha value is -3.35. The van der Waals surface area contributed by atoms with Gasteiger partial charge in [0.05, 0.1) is 0 Å². The lowest BCUT2D eigenvalue weighted by atomic mass is 10.1. The van der Waals surface area contributed by atoms with Crippen LogP contribution in [-0.4, -0.2) is 24.9 Å². The summed E-state index contributed by atoms with van der Waals surface area (Å²) < 4.78 is 0. The molecule has 0 bridgehead atoms. The molecule has 2 aromatic carbocycles. The summed E-state index contributed by atoms with van der Waals surface area (Å²) in [4.78, 5) is 35.6. The molecule has 0 unspecified atom stereocenters. The Bertz CT molecular complexity index is 860. The molecule has 0 atom stereocenters. The molecule has 2 aromatic rings. The van der Waals surface area contributed by atoms with Gasteiger partial charge in [-0.15, -0.1) is 0 Å². The Balaban J connectivity index is 1.95. The van der Waals surface area contributed by atoms with Crippen molar-refractivity contribution in [2.45, 2.75) is 27.3 Å². The number of carbonyl (C=O) groups is 3. The Morgan fingerprint density at radius 3 is 2.25 bits per heavy atom. The van der Waals surface area contributed by atoms with Crippen LogP contribution in [0.2, 0.25) is 0 Å². The van der Waals surface area contributed by atoms with Gasteiger partial charge in [0, 0.05) is 36.4 Å². The number of carbonyl (C=O) groups excluding carboxylic acids is 3. The number of anilines is 2. The van der Waals surface area contributed by atoms with Gasteiger partial charge in [0.1, 0.15) is 0 Å². The lowest BCUT2D eigenvalue weighted by Gasteiger charge is -2.13. The SMILES string of the molecule is CNC(=O)c1ccc(CNC(=O)Nc2cc(NC(=O)C(C)C)ccc2C)cc1. The van der Waals surface area contributed by atoms with Crippen LogP contribution in [0.4, 0.5) is 16.2 Å². The zero-order valence-corrected chi connectivity index (χ0v) is 16.6. The third-order valence-electron chi connectivity index (χ3n) is 4.17.